The lowest BCUT2D eigenvalue weighted by Gasteiger charge is -2.06. The molecule has 0 radical (unpaired) electrons. The van der Waals surface area contributed by atoms with Crippen LogP contribution in [0.4, 0.5) is 18.9 Å². The Morgan fingerprint density at radius 2 is 1.67 bits per heavy atom. The Kier molecular flexibility index (Phi) is 3.99. The second kappa shape index (κ2) is 6.59. The van der Waals surface area contributed by atoms with E-state index in [2.05, 4.69) is 15.0 Å². The van der Waals surface area contributed by atoms with Gasteiger partial charge < -0.3 is 10.1 Å². The molecule has 7 heteroatoms. The van der Waals surface area contributed by atoms with E-state index in [4.69, 9.17) is 0 Å². The van der Waals surface area contributed by atoms with Crippen LogP contribution in [-0.2, 0) is 6.18 Å². The van der Waals surface area contributed by atoms with Crippen LogP contribution in [0, 0.1) is 0 Å². The van der Waals surface area contributed by atoms with Crippen LogP contribution < -0.4 is 10.6 Å². The first-order valence-corrected chi connectivity index (χ1v) is 9.15. The number of benzene rings is 3. The van der Waals surface area contributed by atoms with Crippen LogP contribution in [0.1, 0.15) is 16.7 Å². The third-order valence-electron chi connectivity index (χ3n) is 4.96. The SMILES string of the molecule is Oc1[nH]c2ccccc2c1/C=c1/ccc2c(c1)N=C(c1ccc(C(F)(F)F)cc1)N=2. The van der Waals surface area contributed by atoms with Gasteiger partial charge in [-0.1, -0.05) is 36.4 Å². The molecule has 0 saturated heterocycles. The summed E-state index contributed by atoms with van der Waals surface area (Å²) in [5.41, 5.74) is 1.93. The molecule has 0 atom stereocenters. The normalized spacial score (nSPS) is 14.0. The van der Waals surface area contributed by atoms with Crippen LogP contribution in [0.25, 0.3) is 17.0 Å². The van der Waals surface area contributed by atoms with Crippen LogP contribution in [0.5, 0.6) is 5.88 Å². The summed E-state index contributed by atoms with van der Waals surface area (Å²) in [5, 5.41) is 12.6. The molecular formula is C23H14F3N3O. The van der Waals surface area contributed by atoms with Crippen molar-refractivity contribution in [1.29, 1.82) is 0 Å². The number of fused-ring (bicyclic) bond motifs is 2. The van der Waals surface area contributed by atoms with Crippen molar-refractivity contribution in [2.75, 3.05) is 0 Å². The van der Waals surface area contributed by atoms with Gasteiger partial charge >= 0.3 is 6.18 Å². The average molecular weight is 405 g/mol. The van der Waals surface area contributed by atoms with Gasteiger partial charge in [0.25, 0.3) is 0 Å². The molecule has 4 aromatic rings. The second-order valence-corrected chi connectivity index (χ2v) is 6.95. The zero-order chi connectivity index (χ0) is 20.9. The van der Waals surface area contributed by atoms with E-state index in [9.17, 15) is 18.3 Å². The Hall–Kier alpha value is -3.87. The number of aromatic amines is 1. The van der Waals surface area contributed by atoms with Crippen molar-refractivity contribution in [3.63, 3.8) is 0 Å². The molecule has 1 aliphatic heterocycles. The highest BCUT2D eigenvalue weighted by molar-refractivity contribution is 6.02. The van der Waals surface area contributed by atoms with Gasteiger partial charge in [-0.3, -0.25) is 0 Å². The lowest BCUT2D eigenvalue weighted by Crippen LogP contribution is -2.07. The number of amidine groups is 1. The largest absolute Gasteiger partial charge is 0.494 e. The molecule has 0 amide bonds. The van der Waals surface area contributed by atoms with Crippen molar-refractivity contribution < 1.29 is 18.3 Å². The van der Waals surface area contributed by atoms with E-state index in [1.165, 1.54) is 12.1 Å². The third-order valence-corrected chi connectivity index (χ3v) is 4.96. The first-order chi connectivity index (χ1) is 14.4. The van der Waals surface area contributed by atoms with Crippen molar-refractivity contribution in [3.05, 3.63) is 94.0 Å². The van der Waals surface area contributed by atoms with Gasteiger partial charge in [-0.2, -0.15) is 13.2 Å². The Morgan fingerprint density at radius 1 is 0.900 bits per heavy atom. The summed E-state index contributed by atoms with van der Waals surface area (Å²) in [5.74, 6) is 0.446. The smallest absolute Gasteiger partial charge is 0.416 e. The van der Waals surface area contributed by atoms with Gasteiger partial charge in [0, 0.05) is 22.0 Å². The van der Waals surface area contributed by atoms with Gasteiger partial charge in [0.2, 0.25) is 0 Å². The Labute approximate surface area is 168 Å². The van der Waals surface area contributed by atoms with E-state index in [-0.39, 0.29) is 5.88 Å². The Balaban J connectivity index is 1.53. The van der Waals surface area contributed by atoms with Gasteiger partial charge in [-0.05, 0) is 41.6 Å². The molecule has 1 aromatic heterocycles. The van der Waals surface area contributed by atoms with Crippen LogP contribution >= 0.6 is 0 Å². The second-order valence-electron chi connectivity index (χ2n) is 6.95. The number of aromatic nitrogens is 1. The maximum atomic E-state index is 12.8. The Bertz CT molecular complexity index is 1430. The van der Waals surface area contributed by atoms with Crippen molar-refractivity contribution in [1.82, 2.24) is 4.98 Å². The summed E-state index contributed by atoms with van der Waals surface area (Å²) in [6.07, 6.45) is -2.53. The van der Waals surface area contributed by atoms with Crippen LogP contribution in [-0.4, -0.2) is 15.9 Å². The summed E-state index contributed by atoms with van der Waals surface area (Å²) in [6.45, 7) is 0. The molecule has 0 bridgehead atoms. The van der Waals surface area contributed by atoms with E-state index in [1.807, 2.05) is 42.5 Å². The minimum absolute atomic E-state index is 0.0790. The minimum atomic E-state index is -4.38. The number of alkyl halides is 3. The summed E-state index contributed by atoms with van der Waals surface area (Å²) in [6, 6.07) is 17.9. The fourth-order valence-electron chi connectivity index (χ4n) is 3.47. The number of nitrogens with one attached hydrogen (secondary N) is 1. The molecule has 3 aromatic carbocycles. The molecule has 0 aliphatic carbocycles. The number of nitrogens with zero attached hydrogens (tertiary/aromatic N) is 2. The van der Waals surface area contributed by atoms with Crippen LogP contribution in [0.15, 0.2) is 76.7 Å². The molecule has 2 N–H and O–H groups in total. The van der Waals surface area contributed by atoms with E-state index in [0.717, 1.165) is 28.3 Å². The van der Waals surface area contributed by atoms with Crippen LogP contribution in [0.3, 0.4) is 0 Å². The van der Waals surface area contributed by atoms with Gasteiger partial charge in [-0.25, -0.2) is 9.98 Å². The zero-order valence-electron chi connectivity index (χ0n) is 15.4. The predicted molar refractivity (Wildman–Crippen MR) is 108 cm³/mol. The summed E-state index contributed by atoms with van der Waals surface area (Å²) in [4.78, 5) is 11.8. The molecule has 0 unspecified atom stereocenters. The number of aliphatic imine (C=N–C) groups is 1. The minimum Gasteiger partial charge on any atom is -0.494 e. The highest BCUT2D eigenvalue weighted by atomic mass is 19.4. The fourth-order valence-corrected chi connectivity index (χ4v) is 3.47. The average Bonchev–Trinajstić information content (AvgIpc) is 3.28. The quantitative estimate of drug-likeness (QED) is 0.509. The monoisotopic (exact) mass is 405 g/mol. The number of hydrogen-bond donors (Lipinski definition) is 2. The lowest BCUT2D eigenvalue weighted by molar-refractivity contribution is -0.137. The lowest BCUT2D eigenvalue weighted by atomic mass is 10.1. The van der Waals surface area contributed by atoms with Gasteiger partial charge in [0.1, 0.15) is 0 Å². The maximum Gasteiger partial charge on any atom is 0.416 e. The zero-order valence-corrected chi connectivity index (χ0v) is 15.4. The van der Waals surface area contributed by atoms with Gasteiger partial charge in [0.15, 0.2) is 11.7 Å². The molecule has 148 valence electrons. The van der Waals surface area contributed by atoms with Crippen LogP contribution in [0.2, 0.25) is 0 Å². The molecule has 30 heavy (non-hydrogen) atoms. The highest BCUT2D eigenvalue weighted by Crippen LogP contribution is 2.30. The number of hydrogen-bond acceptors (Lipinski definition) is 3. The standard InChI is InChI=1S/C23H14F3N3O/c24-23(25,26)15-8-6-14(7-9-15)21-27-19-10-5-13(12-20(19)28-21)11-17-16-3-1-2-4-18(16)29-22(17)30/h1-12,29-30H/b13-11-. The molecular weight excluding hydrogens is 391 g/mol. The van der Waals surface area contributed by atoms with Crippen molar-refractivity contribution in [3.8, 4) is 5.88 Å². The first-order valence-electron chi connectivity index (χ1n) is 9.15. The van der Waals surface area contributed by atoms with Gasteiger partial charge in [-0.15, -0.1) is 0 Å². The first kappa shape index (κ1) is 18.2. The molecule has 1 aliphatic rings. The molecule has 0 spiro atoms. The van der Waals surface area contributed by atoms with Crippen molar-refractivity contribution in [2.24, 2.45) is 9.98 Å². The summed E-state index contributed by atoms with van der Waals surface area (Å²) < 4.78 is 38.3. The summed E-state index contributed by atoms with van der Waals surface area (Å²) in [7, 11) is 0. The number of halogens is 3. The van der Waals surface area contributed by atoms with Crippen molar-refractivity contribution >= 4 is 28.5 Å². The molecule has 2 heterocycles. The highest BCUT2D eigenvalue weighted by Gasteiger charge is 2.30. The number of aromatic hydroxyl groups is 1. The maximum absolute atomic E-state index is 12.8. The number of H-pyrrole nitrogens is 1. The van der Waals surface area contributed by atoms with E-state index in [1.54, 1.807) is 6.07 Å². The number of rotatable bonds is 2. The topological polar surface area (TPSA) is 60.7 Å². The van der Waals surface area contributed by atoms with Gasteiger partial charge in [0.05, 0.1) is 16.6 Å². The molecule has 5 rings (SSSR count). The van der Waals surface area contributed by atoms with E-state index < -0.39 is 11.7 Å². The predicted octanol–water partition coefficient (Wildman–Crippen LogP) is 4.43. The molecule has 4 nitrogen and oxygen atoms in total. The van der Waals surface area contributed by atoms with E-state index >= 15 is 0 Å². The number of para-hydroxylation sites is 1. The third kappa shape index (κ3) is 3.14. The molecule has 0 saturated carbocycles. The van der Waals surface area contributed by atoms with E-state index in [0.29, 0.717) is 28.0 Å². The Morgan fingerprint density at radius 3 is 2.43 bits per heavy atom. The summed E-state index contributed by atoms with van der Waals surface area (Å²) >= 11 is 0. The molecule has 0 fully saturated rings. The van der Waals surface area contributed by atoms with Crippen molar-refractivity contribution in [2.45, 2.75) is 6.18 Å². The fraction of sp³-hybridized carbons (Fsp3) is 0.0435.